The Hall–Kier alpha value is -1.80. The normalized spacial score (nSPS) is 15.3. The van der Waals surface area contributed by atoms with Gasteiger partial charge >= 0.3 is 0 Å². The number of carbonyl (C=O) groups is 3. The zero-order valence-corrected chi connectivity index (χ0v) is 18.7. The van der Waals surface area contributed by atoms with Crippen LogP contribution >= 0.6 is 11.6 Å². The van der Waals surface area contributed by atoms with E-state index in [9.17, 15) is 19.5 Å². The van der Waals surface area contributed by atoms with Gasteiger partial charge in [-0.25, -0.2) is 0 Å². The molecule has 1 aromatic carbocycles. The highest BCUT2D eigenvalue weighted by atomic mass is 35.5. The molecule has 2 unspecified atom stereocenters. The van der Waals surface area contributed by atoms with Gasteiger partial charge in [0.25, 0.3) is 0 Å². The van der Waals surface area contributed by atoms with Crippen LogP contribution in [-0.4, -0.2) is 47.8 Å². The molecule has 0 spiro atoms. The smallest absolute Gasteiger partial charge is 0.226 e. The Morgan fingerprint density at radius 3 is 2.23 bits per heavy atom. The van der Waals surface area contributed by atoms with E-state index in [2.05, 4.69) is 5.32 Å². The van der Waals surface area contributed by atoms with Crippen LogP contribution in [0.5, 0.6) is 0 Å². The van der Waals surface area contributed by atoms with Crippen LogP contribution in [0.15, 0.2) is 24.3 Å². The number of aliphatic hydroxyl groups is 1. The highest BCUT2D eigenvalue weighted by molar-refractivity contribution is 6.30. The molecule has 4 atom stereocenters. The van der Waals surface area contributed by atoms with Crippen molar-refractivity contribution in [1.82, 2.24) is 5.32 Å². The molecule has 0 aliphatic carbocycles. The molecule has 0 saturated carbocycles. The Morgan fingerprint density at radius 2 is 1.73 bits per heavy atom. The van der Waals surface area contributed by atoms with Crippen molar-refractivity contribution >= 4 is 29.1 Å². The average Bonchev–Trinajstić information content (AvgIpc) is 2.68. The third-order valence-corrected chi connectivity index (χ3v) is 5.35. The molecule has 0 bridgehead atoms. The maximum absolute atomic E-state index is 13.0. The van der Waals surface area contributed by atoms with Crippen LogP contribution in [-0.2, 0) is 14.4 Å². The van der Waals surface area contributed by atoms with Crippen molar-refractivity contribution in [3.05, 3.63) is 34.9 Å². The number of nitrogens with one attached hydrogen (secondary N) is 1. The van der Waals surface area contributed by atoms with Crippen LogP contribution in [0.1, 0.15) is 51.5 Å². The number of Topliss-reactive ketones (excluding diaryl/α,β-unsaturated/α-hetero) is 2. The highest BCUT2D eigenvalue weighted by Gasteiger charge is 2.32. The Balaban J connectivity index is 3.01. The van der Waals surface area contributed by atoms with Gasteiger partial charge in [0.15, 0.2) is 5.78 Å². The van der Waals surface area contributed by atoms with Crippen molar-refractivity contribution in [2.75, 3.05) is 13.1 Å². The lowest BCUT2D eigenvalue weighted by Crippen LogP contribution is -2.48. The molecule has 0 radical (unpaired) electrons. The van der Waals surface area contributed by atoms with E-state index >= 15 is 0 Å². The van der Waals surface area contributed by atoms with Crippen LogP contribution in [0.2, 0.25) is 5.02 Å². The van der Waals surface area contributed by atoms with Crippen LogP contribution < -0.4 is 16.8 Å². The first-order valence-corrected chi connectivity index (χ1v) is 10.7. The summed E-state index contributed by atoms with van der Waals surface area (Å²) in [6.45, 7) is 5.47. The fraction of sp³-hybridized carbons (Fsp3) is 0.591. The van der Waals surface area contributed by atoms with Crippen molar-refractivity contribution in [2.45, 2.75) is 58.1 Å². The van der Waals surface area contributed by atoms with Crippen LogP contribution in [0.4, 0.5) is 0 Å². The summed E-state index contributed by atoms with van der Waals surface area (Å²) >= 11 is 6.05. The standard InChI is InChI=1S/C22H34ClN3O4/c1-13(2)21(29)19(8-10-25)26-22(30)18(14(3)27)12-20(28)17(7-9-24)15-5-4-6-16(23)11-15/h4-6,11,13-14,17-19,27H,7-10,12,24-25H2,1-3H3,(H,26,30)/t14?,17?,18-,19-/m0/s1. The fourth-order valence-electron chi connectivity index (χ4n) is 3.38. The lowest BCUT2D eigenvalue weighted by Gasteiger charge is -2.25. The largest absolute Gasteiger partial charge is 0.393 e. The number of ketones is 2. The summed E-state index contributed by atoms with van der Waals surface area (Å²) in [4.78, 5) is 38.2. The van der Waals surface area contributed by atoms with Crippen LogP contribution in [0.3, 0.4) is 0 Å². The van der Waals surface area contributed by atoms with E-state index in [1.807, 2.05) is 0 Å². The number of amides is 1. The van der Waals surface area contributed by atoms with Gasteiger partial charge in [0.2, 0.25) is 5.91 Å². The van der Waals surface area contributed by atoms with Gasteiger partial charge in [-0.15, -0.1) is 0 Å². The molecular formula is C22H34ClN3O4. The van der Waals surface area contributed by atoms with Gasteiger partial charge in [-0.3, -0.25) is 14.4 Å². The average molecular weight is 440 g/mol. The molecule has 0 aliphatic rings. The lowest BCUT2D eigenvalue weighted by molar-refractivity contribution is -0.136. The number of aliphatic hydroxyl groups excluding tert-OH is 1. The molecule has 8 heteroatoms. The third-order valence-electron chi connectivity index (χ3n) is 5.12. The topological polar surface area (TPSA) is 136 Å². The first-order valence-electron chi connectivity index (χ1n) is 10.3. The number of nitrogens with two attached hydrogens (primary N) is 2. The maximum atomic E-state index is 13.0. The molecule has 168 valence electrons. The Kier molecular flexibility index (Phi) is 11.2. The summed E-state index contributed by atoms with van der Waals surface area (Å²) in [5.41, 5.74) is 12.0. The summed E-state index contributed by atoms with van der Waals surface area (Å²) in [6.07, 6.45) is -0.554. The molecule has 0 heterocycles. The molecule has 0 aromatic heterocycles. The molecular weight excluding hydrogens is 406 g/mol. The van der Waals surface area contributed by atoms with E-state index in [1.165, 1.54) is 6.92 Å². The summed E-state index contributed by atoms with van der Waals surface area (Å²) in [7, 11) is 0. The van der Waals surface area contributed by atoms with Crippen molar-refractivity contribution in [1.29, 1.82) is 0 Å². The lowest BCUT2D eigenvalue weighted by atomic mass is 9.85. The number of hydrogen-bond acceptors (Lipinski definition) is 6. The van der Waals surface area contributed by atoms with E-state index in [-0.39, 0.29) is 37.0 Å². The monoisotopic (exact) mass is 439 g/mol. The molecule has 6 N–H and O–H groups in total. The molecule has 0 fully saturated rings. The second kappa shape index (κ2) is 12.8. The van der Waals surface area contributed by atoms with Crippen molar-refractivity contribution in [3.8, 4) is 0 Å². The maximum Gasteiger partial charge on any atom is 0.226 e. The van der Waals surface area contributed by atoms with Gasteiger partial charge in [-0.05, 0) is 50.6 Å². The summed E-state index contributed by atoms with van der Waals surface area (Å²) in [6, 6.07) is 6.22. The minimum absolute atomic E-state index is 0.135. The van der Waals surface area contributed by atoms with E-state index in [4.69, 9.17) is 23.1 Å². The molecule has 1 aromatic rings. The highest BCUT2D eigenvalue weighted by Crippen LogP contribution is 2.27. The number of carbonyl (C=O) groups excluding carboxylic acids is 3. The SMILES string of the molecule is CC(C)C(=O)[C@H](CCN)NC(=O)[C@@H](CC(=O)C(CCN)c1cccc(Cl)c1)C(C)O. The minimum Gasteiger partial charge on any atom is -0.393 e. The van der Waals surface area contributed by atoms with E-state index in [0.717, 1.165) is 5.56 Å². The second-order valence-electron chi connectivity index (χ2n) is 7.90. The van der Waals surface area contributed by atoms with Crippen LogP contribution in [0, 0.1) is 11.8 Å². The molecule has 0 aliphatic heterocycles. The van der Waals surface area contributed by atoms with E-state index < -0.39 is 29.9 Å². The predicted molar refractivity (Wildman–Crippen MR) is 118 cm³/mol. The predicted octanol–water partition coefficient (Wildman–Crippen LogP) is 1.79. The van der Waals surface area contributed by atoms with Gasteiger partial charge in [0.1, 0.15) is 5.78 Å². The molecule has 7 nitrogen and oxygen atoms in total. The zero-order chi connectivity index (χ0) is 22.8. The number of hydrogen-bond donors (Lipinski definition) is 4. The van der Waals surface area contributed by atoms with Gasteiger partial charge in [0.05, 0.1) is 18.1 Å². The van der Waals surface area contributed by atoms with E-state index in [0.29, 0.717) is 17.9 Å². The van der Waals surface area contributed by atoms with Gasteiger partial charge in [0, 0.05) is 23.3 Å². The van der Waals surface area contributed by atoms with Crippen molar-refractivity contribution in [2.24, 2.45) is 23.3 Å². The second-order valence-corrected chi connectivity index (χ2v) is 8.33. The molecule has 30 heavy (non-hydrogen) atoms. The minimum atomic E-state index is -1.07. The quantitative estimate of drug-likeness (QED) is 0.370. The number of rotatable bonds is 13. The zero-order valence-electron chi connectivity index (χ0n) is 17.9. The van der Waals surface area contributed by atoms with E-state index in [1.54, 1.807) is 38.1 Å². The molecule has 0 saturated heterocycles. The molecule has 1 amide bonds. The first-order chi connectivity index (χ1) is 14.1. The van der Waals surface area contributed by atoms with Gasteiger partial charge in [-0.2, -0.15) is 0 Å². The Morgan fingerprint density at radius 1 is 1.10 bits per heavy atom. The Labute approximate surface area is 183 Å². The van der Waals surface area contributed by atoms with Crippen molar-refractivity contribution in [3.63, 3.8) is 0 Å². The third kappa shape index (κ3) is 7.80. The van der Waals surface area contributed by atoms with Gasteiger partial charge in [-0.1, -0.05) is 37.6 Å². The van der Waals surface area contributed by atoms with Crippen LogP contribution in [0.25, 0.3) is 0 Å². The van der Waals surface area contributed by atoms with Crippen molar-refractivity contribution < 1.29 is 19.5 Å². The number of halogens is 1. The number of benzene rings is 1. The summed E-state index contributed by atoms with van der Waals surface area (Å²) in [5, 5.41) is 13.4. The molecule has 1 rings (SSSR count). The first kappa shape index (κ1) is 26.2. The summed E-state index contributed by atoms with van der Waals surface area (Å²) in [5.74, 6) is -2.68. The van der Waals surface area contributed by atoms with Gasteiger partial charge < -0.3 is 21.9 Å². The Bertz CT molecular complexity index is 724. The summed E-state index contributed by atoms with van der Waals surface area (Å²) < 4.78 is 0. The fourth-order valence-corrected chi connectivity index (χ4v) is 3.58.